The lowest BCUT2D eigenvalue weighted by Crippen LogP contribution is -2.51. The zero-order chi connectivity index (χ0) is 12.1. The Hall–Kier alpha value is -0.900. The molecule has 17 heavy (non-hydrogen) atoms. The Morgan fingerprint density at radius 2 is 2.35 bits per heavy atom. The van der Waals surface area contributed by atoms with Crippen LogP contribution < -0.4 is 5.32 Å². The third-order valence-corrected chi connectivity index (χ3v) is 3.40. The highest BCUT2D eigenvalue weighted by Gasteiger charge is 2.21. The fourth-order valence-corrected chi connectivity index (χ4v) is 2.49. The van der Waals surface area contributed by atoms with E-state index in [1.165, 1.54) is 11.1 Å². The van der Waals surface area contributed by atoms with Gasteiger partial charge >= 0.3 is 0 Å². The summed E-state index contributed by atoms with van der Waals surface area (Å²) in [7, 11) is 0. The Balaban J connectivity index is 2.00. The number of aliphatic hydroxyl groups excluding tert-OH is 1. The molecular formula is C14H22N2O. The average molecular weight is 234 g/mol. The third kappa shape index (κ3) is 3.53. The van der Waals surface area contributed by atoms with Crippen LogP contribution in [-0.4, -0.2) is 42.3 Å². The number of nitrogens with zero attached hydrogens (tertiary/aromatic N) is 1. The van der Waals surface area contributed by atoms with Crippen LogP contribution in [0, 0.1) is 6.92 Å². The molecule has 3 nitrogen and oxygen atoms in total. The second-order valence-electron chi connectivity index (χ2n) is 4.83. The molecule has 0 aromatic heterocycles. The van der Waals surface area contributed by atoms with Gasteiger partial charge in [0.25, 0.3) is 0 Å². The molecular weight excluding hydrogens is 212 g/mol. The summed E-state index contributed by atoms with van der Waals surface area (Å²) in [6, 6.07) is 9.15. The Morgan fingerprint density at radius 3 is 3.12 bits per heavy atom. The van der Waals surface area contributed by atoms with Gasteiger partial charge in [0.2, 0.25) is 0 Å². The summed E-state index contributed by atoms with van der Waals surface area (Å²) in [5.41, 5.74) is 2.69. The minimum Gasteiger partial charge on any atom is -0.396 e. The molecule has 1 atom stereocenters. The van der Waals surface area contributed by atoms with Crippen molar-refractivity contribution < 1.29 is 5.11 Å². The summed E-state index contributed by atoms with van der Waals surface area (Å²) in [5, 5.41) is 12.5. The lowest BCUT2D eigenvalue weighted by Gasteiger charge is -2.36. The number of aliphatic hydroxyl groups is 1. The third-order valence-electron chi connectivity index (χ3n) is 3.40. The van der Waals surface area contributed by atoms with Crippen molar-refractivity contribution in [2.24, 2.45) is 0 Å². The lowest BCUT2D eigenvalue weighted by atomic mass is 10.1. The number of aryl methyl sites for hydroxylation is 1. The van der Waals surface area contributed by atoms with Crippen LogP contribution >= 0.6 is 0 Å². The quantitative estimate of drug-likeness (QED) is 0.820. The van der Waals surface area contributed by atoms with Gasteiger partial charge in [-0.3, -0.25) is 4.90 Å². The van der Waals surface area contributed by atoms with Crippen molar-refractivity contribution in [2.45, 2.75) is 25.9 Å². The molecule has 0 bridgehead atoms. The van der Waals surface area contributed by atoms with Crippen molar-refractivity contribution in [1.82, 2.24) is 10.2 Å². The van der Waals surface area contributed by atoms with Crippen molar-refractivity contribution in [1.29, 1.82) is 0 Å². The number of nitrogens with one attached hydrogen (secondary N) is 1. The van der Waals surface area contributed by atoms with Gasteiger partial charge in [0.1, 0.15) is 0 Å². The average Bonchev–Trinajstić information content (AvgIpc) is 2.32. The molecule has 1 aromatic carbocycles. The zero-order valence-corrected chi connectivity index (χ0v) is 10.5. The molecule has 0 amide bonds. The molecule has 2 rings (SSSR count). The van der Waals surface area contributed by atoms with Crippen molar-refractivity contribution in [2.75, 3.05) is 26.2 Å². The van der Waals surface area contributed by atoms with E-state index in [2.05, 4.69) is 41.4 Å². The molecule has 1 heterocycles. The van der Waals surface area contributed by atoms with E-state index in [0.29, 0.717) is 6.04 Å². The van der Waals surface area contributed by atoms with Crippen LogP contribution in [0.15, 0.2) is 24.3 Å². The topological polar surface area (TPSA) is 35.5 Å². The van der Waals surface area contributed by atoms with Gasteiger partial charge in [-0.1, -0.05) is 29.8 Å². The van der Waals surface area contributed by atoms with Gasteiger partial charge in [-0.2, -0.15) is 0 Å². The first-order valence-corrected chi connectivity index (χ1v) is 6.41. The smallest absolute Gasteiger partial charge is 0.0446 e. The van der Waals surface area contributed by atoms with Crippen molar-refractivity contribution in [3.05, 3.63) is 35.4 Å². The van der Waals surface area contributed by atoms with Crippen LogP contribution in [0.2, 0.25) is 0 Å². The van der Waals surface area contributed by atoms with Crippen LogP contribution in [0.3, 0.4) is 0 Å². The van der Waals surface area contributed by atoms with Crippen LogP contribution in [0.5, 0.6) is 0 Å². The Kier molecular flexibility index (Phi) is 4.54. The number of piperazine rings is 1. The minimum absolute atomic E-state index is 0.274. The van der Waals surface area contributed by atoms with Gasteiger partial charge < -0.3 is 10.4 Å². The Bertz CT molecular complexity index is 352. The largest absolute Gasteiger partial charge is 0.396 e. The predicted molar refractivity (Wildman–Crippen MR) is 69.9 cm³/mol. The number of hydrogen-bond acceptors (Lipinski definition) is 3. The second kappa shape index (κ2) is 6.15. The predicted octanol–water partition coefficient (Wildman–Crippen LogP) is 1.15. The fourth-order valence-electron chi connectivity index (χ4n) is 2.49. The number of hydrogen-bond donors (Lipinski definition) is 2. The van der Waals surface area contributed by atoms with E-state index in [4.69, 9.17) is 5.11 Å². The summed E-state index contributed by atoms with van der Waals surface area (Å²) in [4.78, 5) is 2.47. The summed E-state index contributed by atoms with van der Waals surface area (Å²) < 4.78 is 0. The maximum Gasteiger partial charge on any atom is 0.0446 e. The zero-order valence-electron chi connectivity index (χ0n) is 10.5. The summed E-state index contributed by atoms with van der Waals surface area (Å²) in [5.74, 6) is 0. The molecule has 1 saturated heterocycles. The highest BCUT2D eigenvalue weighted by atomic mass is 16.3. The molecule has 1 aromatic rings. The molecule has 3 heteroatoms. The minimum atomic E-state index is 0.274. The van der Waals surface area contributed by atoms with E-state index in [0.717, 1.165) is 32.6 Å². The first-order chi connectivity index (χ1) is 8.29. The summed E-state index contributed by atoms with van der Waals surface area (Å²) in [6.45, 7) is 6.51. The monoisotopic (exact) mass is 234 g/mol. The van der Waals surface area contributed by atoms with Gasteiger partial charge in [-0.05, 0) is 18.9 Å². The van der Waals surface area contributed by atoms with E-state index in [1.807, 2.05) is 0 Å². The highest BCUT2D eigenvalue weighted by molar-refractivity contribution is 5.22. The molecule has 0 saturated carbocycles. The molecule has 2 N–H and O–H groups in total. The molecule has 94 valence electrons. The summed E-state index contributed by atoms with van der Waals surface area (Å²) in [6.07, 6.45) is 0.860. The normalized spacial score (nSPS) is 21.6. The van der Waals surface area contributed by atoms with Crippen LogP contribution in [-0.2, 0) is 6.54 Å². The van der Waals surface area contributed by atoms with Crippen LogP contribution in [0.1, 0.15) is 17.5 Å². The molecule has 1 aliphatic rings. The van der Waals surface area contributed by atoms with Gasteiger partial charge in [0.05, 0.1) is 0 Å². The molecule has 1 fully saturated rings. The van der Waals surface area contributed by atoms with E-state index in [9.17, 15) is 0 Å². The first kappa shape index (κ1) is 12.6. The van der Waals surface area contributed by atoms with E-state index in [1.54, 1.807) is 0 Å². The van der Waals surface area contributed by atoms with Crippen molar-refractivity contribution in [3.8, 4) is 0 Å². The van der Waals surface area contributed by atoms with Gasteiger partial charge in [-0.15, -0.1) is 0 Å². The van der Waals surface area contributed by atoms with Crippen LogP contribution in [0.25, 0.3) is 0 Å². The maximum atomic E-state index is 9.09. The van der Waals surface area contributed by atoms with E-state index >= 15 is 0 Å². The maximum absolute atomic E-state index is 9.09. The fraction of sp³-hybridized carbons (Fsp3) is 0.571. The van der Waals surface area contributed by atoms with Crippen molar-refractivity contribution >= 4 is 0 Å². The van der Waals surface area contributed by atoms with Gasteiger partial charge in [0, 0.05) is 38.8 Å². The molecule has 1 unspecified atom stereocenters. The molecule has 1 aliphatic heterocycles. The second-order valence-corrected chi connectivity index (χ2v) is 4.83. The van der Waals surface area contributed by atoms with Crippen molar-refractivity contribution in [3.63, 3.8) is 0 Å². The first-order valence-electron chi connectivity index (χ1n) is 6.41. The van der Waals surface area contributed by atoms with E-state index < -0.39 is 0 Å². The highest BCUT2D eigenvalue weighted by Crippen LogP contribution is 2.13. The summed E-state index contributed by atoms with van der Waals surface area (Å²) >= 11 is 0. The van der Waals surface area contributed by atoms with Crippen LogP contribution in [0.4, 0.5) is 0 Å². The van der Waals surface area contributed by atoms with Gasteiger partial charge in [0.15, 0.2) is 0 Å². The SMILES string of the molecule is Cc1cccc(CN2CCNCC2CCO)c1. The molecule has 0 radical (unpaired) electrons. The Labute approximate surface area is 103 Å². The lowest BCUT2D eigenvalue weighted by molar-refractivity contribution is 0.123. The molecule has 0 spiro atoms. The number of benzene rings is 1. The van der Waals surface area contributed by atoms with E-state index in [-0.39, 0.29) is 6.61 Å². The van der Waals surface area contributed by atoms with Gasteiger partial charge in [-0.25, -0.2) is 0 Å². The number of rotatable bonds is 4. The standard InChI is InChI=1S/C14H22N2O/c1-12-3-2-4-13(9-12)11-16-7-6-15-10-14(16)5-8-17/h2-4,9,14-15,17H,5-8,10-11H2,1H3. The Morgan fingerprint density at radius 1 is 1.47 bits per heavy atom. The molecule has 0 aliphatic carbocycles.